The first kappa shape index (κ1) is 22.8. The molecule has 4 nitrogen and oxygen atoms in total. The Morgan fingerprint density at radius 1 is 1.36 bits per heavy atom. The second-order valence-corrected chi connectivity index (χ2v) is 9.20. The van der Waals surface area contributed by atoms with Gasteiger partial charge in [0.2, 0.25) is 0 Å². The van der Waals surface area contributed by atoms with E-state index in [1.165, 1.54) is 5.57 Å². The molecule has 1 N–H and O–H groups in total. The van der Waals surface area contributed by atoms with Crippen molar-refractivity contribution in [2.75, 3.05) is 11.9 Å². The molecule has 0 saturated carbocycles. The third-order valence-corrected chi connectivity index (χ3v) is 5.77. The van der Waals surface area contributed by atoms with Gasteiger partial charge in [-0.25, -0.2) is 0 Å². The van der Waals surface area contributed by atoms with E-state index in [0.29, 0.717) is 17.9 Å². The predicted octanol–water partition coefficient (Wildman–Crippen LogP) is 6.00. The molecule has 1 aromatic carbocycles. The highest BCUT2D eigenvalue weighted by molar-refractivity contribution is 9.09. The van der Waals surface area contributed by atoms with Crippen molar-refractivity contribution in [3.63, 3.8) is 0 Å². The van der Waals surface area contributed by atoms with E-state index < -0.39 is 5.41 Å². The SMILES string of the molecule is CC1=CCCC(c2c(O)cc(C(C)(C)C(=O)OCCCBr)cc2OC(C)C)C1. The first-order chi connectivity index (χ1) is 13.2. The van der Waals surface area contributed by atoms with Gasteiger partial charge in [0.05, 0.1) is 18.1 Å². The molecule has 0 fully saturated rings. The van der Waals surface area contributed by atoms with Crippen molar-refractivity contribution in [1.82, 2.24) is 0 Å². The molecule has 1 aliphatic rings. The molecule has 28 heavy (non-hydrogen) atoms. The number of hydrogen-bond donors (Lipinski definition) is 1. The number of esters is 1. The maximum Gasteiger partial charge on any atom is 0.315 e. The van der Waals surface area contributed by atoms with Gasteiger partial charge in [0.1, 0.15) is 11.5 Å². The molecule has 1 atom stereocenters. The van der Waals surface area contributed by atoms with Crippen molar-refractivity contribution < 1.29 is 19.4 Å². The smallest absolute Gasteiger partial charge is 0.315 e. The normalized spacial score (nSPS) is 17.4. The lowest BCUT2D eigenvalue weighted by Gasteiger charge is -2.29. The number of rotatable bonds is 8. The molecule has 0 saturated heterocycles. The number of phenols is 1. The summed E-state index contributed by atoms with van der Waals surface area (Å²) in [4.78, 5) is 12.6. The van der Waals surface area contributed by atoms with E-state index in [4.69, 9.17) is 9.47 Å². The molecule has 1 aromatic rings. The average molecular weight is 453 g/mol. The first-order valence-corrected chi connectivity index (χ1v) is 11.2. The van der Waals surface area contributed by atoms with Crippen molar-refractivity contribution in [2.24, 2.45) is 0 Å². The predicted molar refractivity (Wildman–Crippen MR) is 117 cm³/mol. The number of hydrogen-bond acceptors (Lipinski definition) is 4. The van der Waals surface area contributed by atoms with Gasteiger partial charge in [0.25, 0.3) is 0 Å². The summed E-state index contributed by atoms with van der Waals surface area (Å²) in [5, 5.41) is 11.7. The van der Waals surface area contributed by atoms with Crippen molar-refractivity contribution in [3.05, 3.63) is 34.9 Å². The molecule has 156 valence electrons. The van der Waals surface area contributed by atoms with Crippen LogP contribution >= 0.6 is 15.9 Å². The Hall–Kier alpha value is -1.49. The average Bonchev–Trinajstić information content (AvgIpc) is 2.60. The minimum atomic E-state index is -0.875. The third kappa shape index (κ3) is 5.53. The van der Waals surface area contributed by atoms with Crippen molar-refractivity contribution in [1.29, 1.82) is 0 Å². The number of allylic oxidation sites excluding steroid dienone is 2. The van der Waals surface area contributed by atoms with Crippen LogP contribution in [0.4, 0.5) is 0 Å². The van der Waals surface area contributed by atoms with Crippen LogP contribution in [0.3, 0.4) is 0 Å². The van der Waals surface area contributed by atoms with E-state index in [1.807, 2.05) is 33.8 Å². The molecule has 0 radical (unpaired) electrons. The van der Waals surface area contributed by atoms with Crippen LogP contribution in [0.15, 0.2) is 23.8 Å². The summed E-state index contributed by atoms with van der Waals surface area (Å²) in [6.07, 6.45) is 5.90. The highest BCUT2D eigenvalue weighted by atomic mass is 79.9. The van der Waals surface area contributed by atoms with Crippen molar-refractivity contribution >= 4 is 21.9 Å². The minimum absolute atomic E-state index is 0.0253. The summed E-state index contributed by atoms with van der Waals surface area (Å²) < 4.78 is 11.5. The van der Waals surface area contributed by atoms with Crippen LogP contribution in [-0.2, 0) is 14.9 Å². The largest absolute Gasteiger partial charge is 0.508 e. The maximum absolute atomic E-state index is 12.6. The van der Waals surface area contributed by atoms with Crippen molar-refractivity contribution in [3.8, 4) is 11.5 Å². The summed E-state index contributed by atoms with van der Waals surface area (Å²) in [6.45, 7) is 10.1. The van der Waals surface area contributed by atoms with E-state index in [2.05, 4.69) is 28.9 Å². The number of carbonyl (C=O) groups is 1. The van der Waals surface area contributed by atoms with Crippen LogP contribution < -0.4 is 4.74 Å². The zero-order chi connectivity index (χ0) is 20.9. The Kier molecular flexibility index (Phi) is 7.99. The topological polar surface area (TPSA) is 55.8 Å². The van der Waals surface area contributed by atoms with Crippen LogP contribution in [0.1, 0.15) is 77.3 Å². The molecule has 5 heteroatoms. The standard InChI is InChI=1S/C23H33BrO4/c1-15(2)28-20-14-18(23(4,5)22(26)27-11-7-10-24)13-19(25)21(20)17-9-6-8-16(3)12-17/h8,13-15,17,25H,6-7,9-12H2,1-5H3. The molecule has 0 spiro atoms. The van der Waals surface area contributed by atoms with Gasteiger partial charge in [0.15, 0.2) is 0 Å². The Labute approximate surface area is 177 Å². The van der Waals surface area contributed by atoms with Crippen LogP contribution in [0.5, 0.6) is 11.5 Å². The van der Waals surface area contributed by atoms with Gasteiger partial charge in [0, 0.05) is 10.9 Å². The quantitative estimate of drug-likeness (QED) is 0.227. The van der Waals surface area contributed by atoms with Crippen molar-refractivity contribution in [2.45, 2.75) is 77.7 Å². The summed E-state index contributed by atoms with van der Waals surface area (Å²) in [7, 11) is 0. The first-order valence-electron chi connectivity index (χ1n) is 10.1. The Morgan fingerprint density at radius 2 is 2.07 bits per heavy atom. The minimum Gasteiger partial charge on any atom is -0.508 e. The van der Waals surface area contributed by atoms with E-state index in [0.717, 1.165) is 36.6 Å². The molecule has 0 aromatic heterocycles. The van der Waals surface area contributed by atoms with Crippen LogP contribution in [-0.4, -0.2) is 29.1 Å². The summed E-state index contributed by atoms with van der Waals surface area (Å²) in [5.41, 5.74) is 2.02. The van der Waals surface area contributed by atoms with Gasteiger partial charge >= 0.3 is 5.97 Å². The fourth-order valence-electron chi connectivity index (χ4n) is 3.60. The monoisotopic (exact) mass is 452 g/mol. The second-order valence-electron chi connectivity index (χ2n) is 8.41. The van der Waals surface area contributed by atoms with Crippen LogP contribution in [0.2, 0.25) is 0 Å². The van der Waals surface area contributed by atoms with E-state index >= 15 is 0 Å². The maximum atomic E-state index is 12.6. The Balaban J connectivity index is 2.40. The number of ether oxygens (including phenoxy) is 2. The van der Waals surface area contributed by atoms with Gasteiger partial charge in [-0.05, 0) is 83.9 Å². The Bertz CT molecular complexity index is 722. The highest BCUT2D eigenvalue weighted by Crippen LogP contribution is 2.45. The zero-order valence-corrected chi connectivity index (χ0v) is 19.3. The van der Waals surface area contributed by atoms with Crippen LogP contribution in [0.25, 0.3) is 0 Å². The number of carbonyl (C=O) groups excluding carboxylic acids is 1. The molecule has 0 bridgehead atoms. The lowest BCUT2D eigenvalue weighted by atomic mass is 9.79. The van der Waals surface area contributed by atoms with Crippen LogP contribution in [0, 0.1) is 0 Å². The molecule has 0 amide bonds. The zero-order valence-electron chi connectivity index (χ0n) is 17.7. The van der Waals surface area contributed by atoms with Gasteiger partial charge in [-0.1, -0.05) is 27.6 Å². The fraction of sp³-hybridized carbons (Fsp3) is 0.609. The second kappa shape index (κ2) is 9.82. The number of aromatic hydroxyl groups is 1. The number of halogens is 1. The highest BCUT2D eigenvalue weighted by Gasteiger charge is 2.34. The third-order valence-electron chi connectivity index (χ3n) is 5.21. The number of phenolic OH excluding ortho intramolecular Hbond substituents is 1. The van der Waals surface area contributed by atoms with E-state index in [9.17, 15) is 9.90 Å². The molecular formula is C23H33BrO4. The molecule has 2 rings (SSSR count). The van der Waals surface area contributed by atoms with Gasteiger partial charge in [-0.15, -0.1) is 0 Å². The molecule has 1 aliphatic carbocycles. The molecule has 0 heterocycles. The fourth-order valence-corrected chi connectivity index (χ4v) is 3.83. The summed E-state index contributed by atoms with van der Waals surface area (Å²) in [5.74, 6) is 0.801. The number of alkyl halides is 1. The molecular weight excluding hydrogens is 420 g/mol. The Morgan fingerprint density at radius 3 is 2.68 bits per heavy atom. The van der Waals surface area contributed by atoms with E-state index in [1.54, 1.807) is 6.07 Å². The summed E-state index contributed by atoms with van der Waals surface area (Å²) >= 11 is 3.34. The summed E-state index contributed by atoms with van der Waals surface area (Å²) in [6, 6.07) is 3.62. The van der Waals surface area contributed by atoms with Gasteiger partial charge < -0.3 is 14.6 Å². The van der Waals surface area contributed by atoms with Gasteiger partial charge in [-0.3, -0.25) is 4.79 Å². The van der Waals surface area contributed by atoms with Gasteiger partial charge in [-0.2, -0.15) is 0 Å². The lowest BCUT2D eigenvalue weighted by Crippen LogP contribution is -2.31. The lowest BCUT2D eigenvalue weighted by molar-refractivity contribution is -0.149. The molecule has 1 unspecified atom stereocenters. The van der Waals surface area contributed by atoms with E-state index in [-0.39, 0.29) is 23.7 Å². The molecule has 0 aliphatic heterocycles. The number of benzene rings is 1.